The highest BCUT2D eigenvalue weighted by Gasteiger charge is 2.21. The molecule has 2 rings (SSSR count). The summed E-state index contributed by atoms with van der Waals surface area (Å²) >= 11 is 0. The number of hydrogen-bond acceptors (Lipinski definition) is 3. The molecule has 0 fully saturated rings. The second kappa shape index (κ2) is 5.53. The number of para-hydroxylation sites is 1. The highest BCUT2D eigenvalue weighted by molar-refractivity contribution is 5.90. The molecule has 17 heavy (non-hydrogen) atoms. The van der Waals surface area contributed by atoms with Crippen molar-refractivity contribution in [3.05, 3.63) is 41.6 Å². The van der Waals surface area contributed by atoms with Gasteiger partial charge in [-0.1, -0.05) is 18.2 Å². The smallest absolute Gasteiger partial charge is 0.335 e. The number of ether oxygens (including phenoxy) is 1. The molecule has 0 heterocycles. The maximum absolute atomic E-state index is 11.7. The van der Waals surface area contributed by atoms with Crippen LogP contribution in [0.4, 0.5) is 5.69 Å². The van der Waals surface area contributed by atoms with Crippen LogP contribution in [0, 0.1) is 0 Å². The molecular weight excluding hydrogens is 214 g/mol. The van der Waals surface area contributed by atoms with E-state index < -0.39 is 0 Å². The zero-order chi connectivity index (χ0) is 12.1. The SMILES string of the molecule is CCOC(=O)C1=C(Nc2ccccc2)CCC1. The lowest BCUT2D eigenvalue weighted by atomic mass is 10.2. The van der Waals surface area contributed by atoms with Crippen LogP contribution in [-0.2, 0) is 9.53 Å². The van der Waals surface area contributed by atoms with Gasteiger partial charge in [0.15, 0.2) is 0 Å². The Morgan fingerprint density at radius 2 is 2.06 bits per heavy atom. The Bertz CT molecular complexity index is 423. The summed E-state index contributed by atoms with van der Waals surface area (Å²) in [5.74, 6) is -0.177. The molecule has 0 spiro atoms. The van der Waals surface area contributed by atoms with E-state index in [1.165, 1.54) is 0 Å². The predicted molar refractivity (Wildman–Crippen MR) is 67.6 cm³/mol. The Labute approximate surface area is 101 Å². The standard InChI is InChI=1S/C14H17NO2/c1-2-17-14(16)12-9-6-10-13(12)15-11-7-4-3-5-8-11/h3-5,7-8,15H,2,6,9-10H2,1H3. The number of carbonyl (C=O) groups is 1. The first-order valence-electron chi connectivity index (χ1n) is 6.02. The van der Waals surface area contributed by atoms with Crippen molar-refractivity contribution in [2.24, 2.45) is 0 Å². The number of anilines is 1. The average molecular weight is 231 g/mol. The lowest BCUT2D eigenvalue weighted by Gasteiger charge is -2.09. The molecule has 90 valence electrons. The predicted octanol–water partition coefficient (Wildman–Crippen LogP) is 3.10. The summed E-state index contributed by atoms with van der Waals surface area (Å²) in [6.07, 6.45) is 2.75. The van der Waals surface area contributed by atoms with Gasteiger partial charge in [-0.05, 0) is 38.3 Å². The van der Waals surface area contributed by atoms with Gasteiger partial charge in [0.05, 0.1) is 12.2 Å². The molecule has 0 amide bonds. The average Bonchev–Trinajstić information content (AvgIpc) is 2.79. The molecule has 1 aliphatic rings. The molecular formula is C14H17NO2. The third-order valence-corrected chi connectivity index (χ3v) is 2.81. The van der Waals surface area contributed by atoms with E-state index in [2.05, 4.69) is 5.32 Å². The van der Waals surface area contributed by atoms with Crippen molar-refractivity contribution >= 4 is 11.7 Å². The molecule has 1 aliphatic carbocycles. The van der Waals surface area contributed by atoms with E-state index in [-0.39, 0.29) is 5.97 Å². The van der Waals surface area contributed by atoms with Gasteiger partial charge in [-0.2, -0.15) is 0 Å². The molecule has 0 saturated heterocycles. The van der Waals surface area contributed by atoms with Crippen LogP contribution in [0.1, 0.15) is 26.2 Å². The maximum Gasteiger partial charge on any atom is 0.335 e. The van der Waals surface area contributed by atoms with E-state index in [0.29, 0.717) is 6.61 Å². The molecule has 1 aromatic carbocycles. The minimum absolute atomic E-state index is 0.177. The summed E-state index contributed by atoms with van der Waals surface area (Å²) in [6, 6.07) is 9.91. The summed E-state index contributed by atoms with van der Waals surface area (Å²) < 4.78 is 5.06. The number of benzene rings is 1. The summed E-state index contributed by atoms with van der Waals surface area (Å²) in [7, 11) is 0. The Morgan fingerprint density at radius 3 is 2.76 bits per heavy atom. The molecule has 0 radical (unpaired) electrons. The third-order valence-electron chi connectivity index (χ3n) is 2.81. The molecule has 1 aromatic rings. The van der Waals surface area contributed by atoms with Gasteiger partial charge in [-0.25, -0.2) is 4.79 Å². The fourth-order valence-electron chi connectivity index (χ4n) is 2.02. The molecule has 3 nitrogen and oxygen atoms in total. The first-order valence-corrected chi connectivity index (χ1v) is 6.02. The molecule has 0 unspecified atom stereocenters. The Kier molecular flexibility index (Phi) is 3.81. The van der Waals surface area contributed by atoms with Crippen molar-refractivity contribution in [3.63, 3.8) is 0 Å². The van der Waals surface area contributed by atoms with Gasteiger partial charge >= 0.3 is 5.97 Å². The summed E-state index contributed by atoms with van der Waals surface area (Å²) in [5, 5.41) is 3.31. The van der Waals surface area contributed by atoms with E-state index >= 15 is 0 Å². The van der Waals surface area contributed by atoms with Crippen molar-refractivity contribution in [1.29, 1.82) is 0 Å². The third kappa shape index (κ3) is 2.87. The molecule has 0 aromatic heterocycles. The van der Waals surface area contributed by atoms with E-state index in [0.717, 1.165) is 36.2 Å². The number of nitrogens with one attached hydrogen (secondary N) is 1. The van der Waals surface area contributed by atoms with Gasteiger partial charge in [-0.3, -0.25) is 0 Å². The van der Waals surface area contributed by atoms with Gasteiger partial charge < -0.3 is 10.1 Å². The van der Waals surface area contributed by atoms with Gasteiger partial charge in [-0.15, -0.1) is 0 Å². The van der Waals surface area contributed by atoms with Crippen molar-refractivity contribution in [2.45, 2.75) is 26.2 Å². The van der Waals surface area contributed by atoms with Crippen LogP contribution in [-0.4, -0.2) is 12.6 Å². The van der Waals surface area contributed by atoms with Crippen LogP contribution in [0.15, 0.2) is 41.6 Å². The minimum Gasteiger partial charge on any atom is -0.463 e. The van der Waals surface area contributed by atoms with Crippen LogP contribution in [0.25, 0.3) is 0 Å². The van der Waals surface area contributed by atoms with Crippen molar-refractivity contribution in [1.82, 2.24) is 0 Å². The second-order valence-electron chi connectivity index (χ2n) is 4.02. The monoisotopic (exact) mass is 231 g/mol. The minimum atomic E-state index is -0.177. The van der Waals surface area contributed by atoms with Crippen LogP contribution in [0.5, 0.6) is 0 Å². The van der Waals surface area contributed by atoms with Crippen molar-refractivity contribution < 1.29 is 9.53 Å². The van der Waals surface area contributed by atoms with Gasteiger partial charge in [0, 0.05) is 11.4 Å². The van der Waals surface area contributed by atoms with E-state index in [4.69, 9.17) is 4.74 Å². The summed E-state index contributed by atoms with van der Waals surface area (Å²) in [6.45, 7) is 2.26. The van der Waals surface area contributed by atoms with Gasteiger partial charge in [0.2, 0.25) is 0 Å². The highest BCUT2D eigenvalue weighted by Crippen LogP contribution is 2.28. The first kappa shape index (κ1) is 11.7. The van der Waals surface area contributed by atoms with E-state index in [1.54, 1.807) is 0 Å². The fourth-order valence-corrected chi connectivity index (χ4v) is 2.02. The van der Waals surface area contributed by atoms with Crippen LogP contribution in [0.2, 0.25) is 0 Å². The highest BCUT2D eigenvalue weighted by atomic mass is 16.5. The number of esters is 1. The normalized spacial score (nSPS) is 14.9. The Hall–Kier alpha value is -1.77. The molecule has 1 N–H and O–H groups in total. The zero-order valence-electron chi connectivity index (χ0n) is 10.0. The molecule has 0 aliphatic heterocycles. The largest absolute Gasteiger partial charge is 0.463 e. The molecule has 0 bridgehead atoms. The lowest BCUT2D eigenvalue weighted by molar-refractivity contribution is -0.138. The number of hydrogen-bond donors (Lipinski definition) is 1. The summed E-state index contributed by atoms with van der Waals surface area (Å²) in [5.41, 5.74) is 2.83. The number of carbonyl (C=O) groups excluding carboxylic acids is 1. The Morgan fingerprint density at radius 1 is 1.29 bits per heavy atom. The molecule has 0 saturated carbocycles. The zero-order valence-corrected chi connectivity index (χ0v) is 10.0. The quantitative estimate of drug-likeness (QED) is 0.809. The van der Waals surface area contributed by atoms with Crippen molar-refractivity contribution in [3.8, 4) is 0 Å². The number of allylic oxidation sites excluding steroid dienone is 1. The van der Waals surface area contributed by atoms with Gasteiger partial charge in [0.25, 0.3) is 0 Å². The van der Waals surface area contributed by atoms with Crippen LogP contribution in [0.3, 0.4) is 0 Å². The topological polar surface area (TPSA) is 38.3 Å². The van der Waals surface area contributed by atoms with Crippen molar-refractivity contribution in [2.75, 3.05) is 11.9 Å². The second-order valence-corrected chi connectivity index (χ2v) is 4.02. The first-order chi connectivity index (χ1) is 8.31. The number of rotatable bonds is 4. The molecule has 3 heteroatoms. The van der Waals surface area contributed by atoms with Crippen LogP contribution >= 0.6 is 0 Å². The van der Waals surface area contributed by atoms with E-state index in [1.807, 2.05) is 37.3 Å². The molecule has 0 atom stereocenters. The summed E-state index contributed by atoms with van der Waals surface area (Å²) in [4.78, 5) is 11.7. The van der Waals surface area contributed by atoms with Gasteiger partial charge in [0.1, 0.15) is 0 Å². The lowest BCUT2D eigenvalue weighted by Crippen LogP contribution is -2.10. The Balaban J connectivity index is 2.13. The fraction of sp³-hybridized carbons (Fsp3) is 0.357. The maximum atomic E-state index is 11.7. The van der Waals surface area contributed by atoms with Crippen LogP contribution < -0.4 is 5.32 Å². The van der Waals surface area contributed by atoms with E-state index in [9.17, 15) is 4.79 Å².